The Labute approximate surface area is 136 Å². The fourth-order valence-corrected chi connectivity index (χ4v) is 3.18. The molecule has 1 saturated carbocycles. The van der Waals surface area contributed by atoms with Crippen molar-refractivity contribution in [2.45, 2.75) is 44.2 Å². The van der Waals surface area contributed by atoms with Gasteiger partial charge < -0.3 is 10.6 Å². The van der Waals surface area contributed by atoms with Crippen molar-refractivity contribution in [2.75, 3.05) is 5.32 Å². The number of hydrogen-bond acceptors (Lipinski definition) is 3. The summed E-state index contributed by atoms with van der Waals surface area (Å²) in [5, 5.41) is 6.15. The first-order valence-corrected chi connectivity index (χ1v) is 6.91. The fourth-order valence-electron chi connectivity index (χ4n) is 3.18. The number of anilines is 1. The number of nitrogens with zero attached hydrogens (tertiary/aromatic N) is 1. The van der Waals surface area contributed by atoms with Crippen LogP contribution in [0.25, 0.3) is 0 Å². The Hall–Kier alpha value is -0.910. The first-order chi connectivity index (χ1) is 9.22. The molecule has 2 fully saturated rings. The molecule has 7 heteroatoms. The number of aromatic nitrogens is 1. The van der Waals surface area contributed by atoms with Gasteiger partial charge in [-0.15, -0.1) is 24.8 Å². The first-order valence-electron chi connectivity index (χ1n) is 6.91. The van der Waals surface area contributed by atoms with Crippen molar-refractivity contribution in [1.29, 1.82) is 0 Å². The maximum atomic E-state index is 12.7. The molecule has 0 radical (unpaired) electrons. The third-order valence-electron chi connectivity index (χ3n) is 4.16. The number of halogens is 3. The third kappa shape index (κ3) is 4.28. The second-order valence-electron chi connectivity index (χ2n) is 5.46. The highest BCUT2D eigenvalue weighted by atomic mass is 35.5. The third-order valence-corrected chi connectivity index (χ3v) is 4.16. The fraction of sp³-hybridized carbons (Fsp3) is 0.571. The summed E-state index contributed by atoms with van der Waals surface area (Å²) >= 11 is 0. The van der Waals surface area contributed by atoms with Gasteiger partial charge in [0.05, 0.1) is 12.2 Å². The standard InChI is InChI=1S/C14H18FN3O.2ClH/c15-10-5-6-13(16-8-10)18-14(19)12-7-9-3-1-2-4-11(9)17-12;;/h5-6,8-9,11-12,17H,1-4,7H2,(H,16,18,19);2*1H. The van der Waals surface area contributed by atoms with Gasteiger partial charge in [-0.25, -0.2) is 9.37 Å². The van der Waals surface area contributed by atoms with E-state index in [2.05, 4.69) is 15.6 Å². The van der Waals surface area contributed by atoms with Crippen LogP contribution in [0.2, 0.25) is 0 Å². The predicted molar refractivity (Wildman–Crippen MR) is 84.6 cm³/mol. The van der Waals surface area contributed by atoms with Gasteiger partial charge in [0.1, 0.15) is 11.6 Å². The van der Waals surface area contributed by atoms with Crippen molar-refractivity contribution in [3.05, 3.63) is 24.1 Å². The number of fused-ring (bicyclic) bond motifs is 1. The van der Waals surface area contributed by atoms with Crippen LogP contribution in [-0.4, -0.2) is 23.0 Å². The van der Waals surface area contributed by atoms with Crippen LogP contribution in [0.5, 0.6) is 0 Å². The molecule has 118 valence electrons. The van der Waals surface area contributed by atoms with Gasteiger partial charge in [-0.2, -0.15) is 0 Å². The van der Waals surface area contributed by atoms with Crippen LogP contribution in [-0.2, 0) is 4.79 Å². The molecule has 0 spiro atoms. The van der Waals surface area contributed by atoms with E-state index < -0.39 is 5.82 Å². The van der Waals surface area contributed by atoms with Crippen molar-refractivity contribution in [1.82, 2.24) is 10.3 Å². The molecule has 2 heterocycles. The SMILES string of the molecule is Cl.Cl.O=C(Nc1ccc(F)cn1)C1CC2CCCCC2N1. The second kappa shape index (κ2) is 7.92. The van der Waals surface area contributed by atoms with E-state index in [1.54, 1.807) is 0 Å². The number of carbonyl (C=O) groups is 1. The van der Waals surface area contributed by atoms with E-state index in [0.29, 0.717) is 17.8 Å². The van der Waals surface area contributed by atoms with Crippen molar-refractivity contribution >= 4 is 36.5 Å². The van der Waals surface area contributed by atoms with Crippen molar-refractivity contribution in [3.8, 4) is 0 Å². The van der Waals surface area contributed by atoms with Crippen molar-refractivity contribution < 1.29 is 9.18 Å². The number of hydrogen-bond donors (Lipinski definition) is 2. The number of carbonyl (C=O) groups excluding carboxylic acids is 1. The van der Waals surface area contributed by atoms with Crippen LogP contribution in [0.1, 0.15) is 32.1 Å². The Morgan fingerprint density at radius 3 is 2.71 bits per heavy atom. The molecular formula is C14H20Cl2FN3O. The summed E-state index contributed by atoms with van der Waals surface area (Å²) in [6.45, 7) is 0. The van der Waals surface area contributed by atoms with Gasteiger partial charge in [-0.05, 0) is 37.3 Å². The summed E-state index contributed by atoms with van der Waals surface area (Å²) in [5.41, 5.74) is 0. The molecule has 21 heavy (non-hydrogen) atoms. The van der Waals surface area contributed by atoms with Crippen molar-refractivity contribution in [3.63, 3.8) is 0 Å². The molecule has 1 saturated heterocycles. The lowest BCUT2D eigenvalue weighted by Gasteiger charge is -2.24. The van der Waals surface area contributed by atoms with Gasteiger partial charge in [0.25, 0.3) is 0 Å². The molecule has 2 aliphatic rings. The lowest BCUT2D eigenvalue weighted by Crippen LogP contribution is -2.40. The number of rotatable bonds is 2. The average molecular weight is 336 g/mol. The summed E-state index contributed by atoms with van der Waals surface area (Å²) in [4.78, 5) is 16.0. The zero-order valence-corrected chi connectivity index (χ0v) is 13.2. The summed E-state index contributed by atoms with van der Waals surface area (Å²) in [5.74, 6) is 0.574. The van der Waals surface area contributed by atoms with Gasteiger partial charge in [-0.1, -0.05) is 12.8 Å². The number of nitrogens with one attached hydrogen (secondary N) is 2. The first kappa shape index (κ1) is 18.1. The molecule has 4 nitrogen and oxygen atoms in total. The smallest absolute Gasteiger partial charge is 0.242 e. The van der Waals surface area contributed by atoms with Gasteiger partial charge in [0.15, 0.2) is 0 Å². The molecule has 1 amide bonds. The minimum absolute atomic E-state index is 0. The van der Waals surface area contributed by atoms with Crippen LogP contribution in [0.15, 0.2) is 18.3 Å². The Morgan fingerprint density at radius 2 is 2.05 bits per heavy atom. The lowest BCUT2D eigenvalue weighted by molar-refractivity contribution is -0.117. The molecule has 0 aromatic carbocycles. The van der Waals surface area contributed by atoms with Crippen LogP contribution < -0.4 is 10.6 Å². The van der Waals surface area contributed by atoms with E-state index >= 15 is 0 Å². The molecule has 0 bridgehead atoms. The Bertz CT molecular complexity index is 458. The Kier molecular flexibility index (Phi) is 6.84. The van der Waals surface area contributed by atoms with E-state index in [1.807, 2.05) is 0 Å². The van der Waals surface area contributed by atoms with Crippen LogP contribution >= 0.6 is 24.8 Å². The van der Waals surface area contributed by atoms with E-state index in [4.69, 9.17) is 0 Å². The molecule has 1 aliphatic carbocycles. The highest BCUT2D eigenvalue weighted by molar-refractivity contribution is 5.94. The highest BCUT2D eigenvalue weighted by Crippen LogP contribution is 2.33. The van der Waals surface area contributed by atoms with E-state index in [0.717, 1.165) is 12.6 Å². The zero-order valence-electron chi connectivity index (χ0n) is 11.5. The minimum Gasteiger partial charge on any atom is -0.309 e. The second-order valence-corrected chi connectivity index (χ2v) is 5.46. The molecule has 3 atom stereocenters. The van der Waals surface area contributed by atoms with E-state index in [1.165, 1.54) is 37.8 Å². The molecule has 3 unspecified atom stereocenters. The molecular weight excluding hydrogens is 316 g/mol. The van der Waals surface area contributed by atoms with E-state index in [9.17, 15) is 9.18 Å². The van der Waals surface area contributed by atoms with Crippen LogP contribution in [0, 0.1) is 11.7 Å². The van der Waals surface area contributed by atoms with Gasteiger partial charge in [0.2, 0.25) is 5.91 Å². The van der Waals surface area contributed by atoms with E-state index in [-0.39, 0.29) is 36.8 Å². The molecule has 1 aromatic rings. The zero-order chi connectivity index (χ0) is 13.2. The summed E-state index contributed by atoms with van der Waals surface area (Å²) in [7, 11) is 0. The monoisotopic (exact) mass is 335 g/mol. The predicted octanol–water partition coefficient (Wildman–Crippen LogP) is 2.92. The quantitative estimate of drug-likeness (QED) is 0.873. The van der Waals surface area contributed by atoms with Crippen LogP contribution in [0.4, 0.5) is 10.2 Å². The van der Waals surface area contributed by atoms with Gasteiger partial charge in [0, 0.05) is 6.04 Å². The summed E-state index contributed by atoms with van der Waals surface area (Å²) in [6.07, 6.45) is 6.92. The topological polar surface area (TPSA) is 54.0 Å². The normalized spacial score (nSPS) is 27.0. The highest BCUT2D eigenvalue weighted by Gasteiger charge is 2.38. The largest absolute Gasteiger partial charge is 0.309 e. The Morgan fingerprint density at radius 1 is 1.29 bits per heavy atom. The molecule has 2 N–H and O–H groups in total. The van der Waals surface area contributed by atoms with Crippen LogP contribution in [0.3, 0.4) is 0 Å². The summed E-state index contributed by atoms with van der Waals surface area (Å²) in [6, 6.07) is 3.13. The van der Waals surface area contributed by atoms with Gasteiger partial charge in [-0.3, -0.25) is 4.79 Å². The maximum Gasteiger partial charge on any atom is 0.242 e. The summed E-state index contributed by atoms with van der Waals surface area (Å²) < 4.78 is 12.7. The van der Waals surface area contributed by atoms with Crippen molar-refractivity contribution in [2.24, 2.45) is 5.92 Å². The Balaban J connectivity index is 0.00000110. The molecule has 1 aromatic heterocycles. The number of pyridine rings is 1. The lowest BCUT2D eigenvalue weighted by atomic mass is 9.85. The average Bonchev–Trinajstić information content (AvgIpc) is 2.85. The number of amides is 1. The minimum atomic E-state index is -0.400. The maximum absolute atomic E-state index is 12.7. The van der Waals surface area contributed by atoms with Gasteiger partial charge >= 0.3 is 0 Å². The molecule has 1 aliphatic heterocycles. The molecule has 3 rings (SSSR count).